The Hall–Kier alpha value is -0.0900. The number of nitrogens with one attached hydrogen (secondary N) is 1. The van der Waals surface area contributed by atoms with Crippen LogP contribution in [0.25, 0.3) is 0 Å². The fraction of sp³-hybridized carbons (Fsp3) is 0.909. The number of halogens is 1. The predicted molar refractivity (Wildman–Crippen MR) is 66.2 cm³/mol. The van der Waals surface area contributed by atoms with E-state index in [1.54, 1.807) is 0 Å². The summed E-state index contributed by atoms with van der Waals surface area (Å²) in [5, 5.41) is 2.96. The minimum Gasteiger partial charge on any atom is -0.354 e. The topological polar surface area (TPSA) is 32.3 Å². The van der Waals surface area contributed by atoms with Gasteiger partial charge in [0.1, 0.15) is 0 Å². The summed E-state index contributed by atoms with van der Waals surface area (Å²) >= 11 is 3.40. The molecule has 0 radical (unpaired) electrons. The second kappa shape index (κ2) is 6.48. The SMILES string of the molecule is CC(C)C(Br)C(=O)NCCN1CCCC1. The number of likely N-dealkylation sites (tertiary alicyclic amines) is 1. The van der Waals surface area contributed by atoms with E-state index in [1.807, 2.05) is 13.8 Å². The first-order valence-electron chi connectivity index (χ1n) is 5.75. The van der Waals surface area contributed by atoms with Crippen molar-refractivity contribution in [3.8, 4) is 0 Å². The lowest BCUT2D eigenvalue weighted by Gasteiger charge is -2.17. The molecule has 1 amide bonds. The van der Waals surface area contributed by atoms with Crippen molar-refractivity contribution in [3.05, 3.63) is 0 Å². The van der Waals surface area contributed by atoms with Crippen LogP contribution in [0.15, 0.2) is 0 Å². The summed E-state index contributed by atoms with van der Waals surface area (Å²) in [5.74, 6) is 0.459. The van der Waals surface area contributed by atoms with Crippen molar-refractivity contribution in [2.45, 2.75) is 31.5 Å². The monoisotopic (exact) mass is 276 g/mol. The summed E-state index contributed by atoms with van der Waals surface area (Å²) < 4.78 is 0. The lowest BCUT2D eigenvalue weighted by molar-refractivity contribution is -0.121. The molecule has 1 saturated heterocycles. The Labute approximate surface area is 101 Å². The highest BCUT2D eigenvalue weighted by atomic mass is 79.9. The summed E-state index contributed by atoms with van der Waals surface area (Å²) in [4.78, 5) is 13.9. The Morgan fingerprint density at radius 2 is 2.00 bits per heavy atom. The van der Waals surface area contributed by atoms with E-state index in [0.29, 0.717) is 5.92 Å². The highest BCUT2D eigenvalue weighted by Crippen LogP contribution is 2.11. The van der Waals surface area contributed by atoms with Crippen LogP contribution >= 0.6 is 15.9 Å². The van der Waals surface area contributed by atoms with Gasteiger partial charge >= 0.3 is 0 Å². The minimum absolute atomic E-state index is 0.0592. The van der Waals surface area contributed by atoms with Crippen molar-refractivity contribution in [1.29, 1.82) is 0 Å². The van der Waals surface area contributed by atoms with Gasteiger partial charge < -0.3 is 10.2 Å². The van der Waals surface area contributed by atoms with Crippen molar-refractivity contribution in [3.63, 3.8) is 0 Å². The van der Waals surface area contributed by atoms with Crippen molar-refractivity contribution >= 4 is 21.8 Å². The molecule has 0 aromatic heterocycles. The van der Waals surface area contributed by atoms with E-state index in [2.05, 4.69) is 26.1 Å². The summed E-state index contributed by atoms with van der Waals surface area (Å²) in [5.41, 5.74) is 0. The van der Waals surface area contributed by atoms with Gasteiger partial charge in [0.15, 0.2) is 0 Å². The van der Waals surface area contributed by atoms with Gasteiger partial charge in [-0.2, -0.15) is 0 Å². The lowest BCUT2D eigenvalue weighted by Crippen LogP contribution is -2.38. The zero-order valence-electron chi connectivity index (χ0n) is 9.63. The van der Waals surface area contributed by atoms with Crippen molar-refractivity contribution in [1.82, 2.24) is 10.2 Å². The number of carbonyl (C=O) groups is 1. The molecule has 3 nitrogen and oxygen atoms in total. The molecule has 0 bridgehead atoms. The van der Waals surface area contributed by atoms with Gasteiger partial charge in [0.05, 0.1) is 4.83 Å². The molecule has 1 heterocycles. The number of hydrogen-bond donors (Lipinski definition) is 1. The van der Waals surface area contributed by atoms with Crippen LogP contribution in [-0.2, 0) is 4.79 Å². The molecule has 1 rings (SSSR count). The van der Waals surface area contributed by atoms with Gasteiger partial charge in [-0.25, -0.2) is 0 Å². The number of amides is 1. The molecule has 1 N–H and O–H groups in total. The number of carbonyl (C=O) groups excluding carboxylic acids is 1. The Balaban J connectivity index is 2.11. The number of alkyl halides is 1. The van der Waals surface area contributed by atoms with Gasteiger partial charge in [-0.1, -0.05) is 29.8 Å². The molecule has 88 valence electrons. The third kappa shape index (κ3) is 4.51. The smallest absolute Gasteiger partial charge is 0.234 e. The predicted octanol–water partition coefficient (Wildman–Crippen LogP) is 1.62. The van der Waals surface area contributed by atoms with E-state index < -0.39 is 0 Å². The Bertz CT molecular complexity index is 203. The maximum absolute atomic E-state index is 11.6. The molecule has 4 heteroatoms. The van der Waals surface area contributed by atoms with Crippen LogP contribution in [0.5, 0.6) is 0 Å². The molecular formula is C11H21BrN2O. The molecule has 1 fully saturated rings. The van der Waals surface area contributed by atoms with Crippen LogP contribution in [0, 0.1) is 5.92 Å². The number of nitrogens with zero attached hydrogens (tertiary/aromatic N) is 1. The lowest BCUT2D eigenvalue weighted by atomic mass is 10.1. The van der Waals surface area contributed by atoms with Gasteiger partial charge in [-0.05, 0) is 31.8 Å². The van der Waals surface area contributed by atoms with Crippen LogP contribution < -0.4 is 5.32 Å². The summed E-state index contributed by atoms with van der Waals surface area (Å²) in [6, 6.07) is 0. The van der Waals surface area contributed by atoms with Gasteiger partial charge in [0, 0.05) is 13.1 Å². The molecule has 15 heavy (non-hydrogen) atoms. The van der Waals surface area contributed by atoms with E-state index in [-0.39, 0.29) is 10.7 Å². The molecule has 1 unspecified atom stereocenters. The zero-order chi connectivity index (χ0) is 11.3. The molecule has 1 aliphatic heterocycles. The van der Waals surface area contributed by atoms with Crippen LogP contribution in [0.4, 0.5) is 0 Å². The molecule has 0 spiro atoms. The van der Waals surface area contributed by atoms with Crippen LogP contribution in [-0.4, -0.2) is 41.8 Å². The summed E-state index contributed by atoms with van der Waals surface area (Å²) in [6.07, 6.45) is 2.61. The quantitative estimate of drug-likeness (QED) is 0.774. The number of rotatable bonds is 5. The average molecular weight is 277 g/mol. The fourth-order valence-electron chi connectivity index (χ4n) is 1.74. The van der Waals surface area contributed by atoms with Crippen molar-refractivity contribution in [2.24, 2.45) is 5.92 Å². The second-order valence-electron chi connectivity index (χ2n) is 4.49. The van der Waals surface area contributed by atoms with E-state index in [4.69, 9.17) is 0 Å². The van der Waals surface area contributed by atoms with Crippen LogP contribution in [0.3, 0.4) is 0 Å². The second-order valence-corrected chi connectivity index (χ2v) is 5.47. The molecular weight excluding hydrogens is 256 g/mol. The van der Waals surface area contributed by atoms with Gasteiger partial charge in [0.2, 0.25) is 5.91 Å². The molecule has 0 aromatic rings. The van der Waals surface area contributed by atoms with Crippen LogP contribution in [0.1, 0.15) is 26.7 Å². The minimum atomic E-state index is -0.0592. The third-order valence-electron chi connectivity index (χ3n) is 2.76. The van der Waals surface area contributed by atoms with Crippen molar-refractivity contribution < 1.29 is 4.79 Å². The fourth-order valence-corrected chi connectivity index (χ4v) is 1.91. The molecule has 0 saturated carbocycles. The molecule has 0 aliphatic carbocycles. The Morgan fingerprint density at radius 3 is 2.53 bits per heavy atom. The average Bonchev–Trinajstić information content (AvgIpc) is 2.69. The number of hydrogen-bond acceptors (Lipinski definition) is 2. The third-order valence-corrected chi connectivity index (χ3v) is 4.23. The maximum atomic E-state index is 11.6. The van der Waals surface area contributed by atoms with E-state index in [1.165, 1.54) is 25.9 Å². The summed E-state index contributed by atoms with van der Waals surface area (Å²) in [7, 11) is 0. The largest absolute Gasteiger partial charge is 0.354 e. The normalized spacial score (nSPS) is 19.5. The molecule has 0 aromatic carbocycles. The highest BCUT2D eigenvalue weighted by Gasteiger charge is 2.18. The summed E-state index contributed by atoms with van der Waals surface area (Å²) in [6.45, 7) is 8.23. The highest BCUT2D eigenvalue weighted by molar-refractivity contribution is 9.10. The van der Waals surface area contributed by atoms with Gasteiger partial charge in [-0.3, -0.25) is 4.79 Å². The van der Waals surface area contributed by atoms with Crippen molar-refractivity contribution in [2.75, 3.05) is 26.2 Å². The van der Waals surface area contributed by atoms with E-state index in [9.17, 15) is 4.79 Å². The zero-order valence-corrected chi connectivity index (χ0v) is 11.2. The van der Waals surface area contributed by atoms with E-state index in [0.717, 1.165) is 13.1 Å². The Morgan fingerprint density at radius 1 is 1.40 bits per heavy atom. The molecule has 1 atom stereocenters. The van der Waals surface area contributed by atoms with Gasteiger partial charge in [-0.15, -0.1) is 0 Å². The standard InChI is InChI=1S/C11H21BrN2O/c1-9(2)10(12)11(15)13-5-8-14-6-3-4-7-14/h9-10H,3-8H2,1-2H3,(H,13,15). The van der Waals surface area contributed by atoms with Crippen LogP contribution in [0.2, 0.25) is 0 Å². The molecule has 1 aliphatic rings. The van der Waals surface area contributed by atoms with Gasteiger partial charge in [0.25, 0.3) is 0 Å². The van der Waals surface area contributed by atoms with E-state index >= 15 is 0 Å². The first-order valence-corrected chi connectivity index (χ1v) is 6.67. The first kappa shape index (κ1) is 13.0. The first-order chi connectivity index (χ1) is 7.11. The maximum Gasteiger partial charge on any atom is 0.234 e. The Kier molecular flexibility index (Phi) is 5.61.